The van der Waals surface area contributed by atoms with Crippen LogP contribution >= 0.6 is 0 Å². The van der Waals surface area contributed by atoms with Crippen molar-refractivity contribution in [2.45, 2.75) is 25.2 Å². The molecular formula is C14H19N3O3S. The number of primary amides is 1. The number of sulfonamides is 1. The van der Waals surface area contributed by atoms with E-state index in [0.717, 1.165) is 9.87 Å². The number of carbonyl (C=O) groups is 1. The first-order valence-corrected chi connectivity index (χ1v) is 7.95. The number of amides is 1. The highest BCUT2D eigenvalue weighted by Gasteiger charge is 2.26. The number of carbonyl (C=O) groups excluding carboxylic acids is 1. The van der Waals surface area contributed by atoms with E-state index in [1.165, 1.54) is 12.1 Å². The molecule has 0 radical (unpaired) electrons. The molecule has 0 aliphatic rings. The monoisotopic (exact) mass is 309 g/mol. The van der Waals surface area contributed by atoms with E-state index >= 15 is 0 Å². The highest BCUT2D eigenvalue weighted by atomic mass is 32.2. The lowest BCUT2D eigenvalue weighted by Crippen LogP contribution is -2.40. The summed E-state index contributed by atoms with van der Waals surface area (Å²) in [5.41, 5.74) is 5.86. The van der Waals surface area contributed by atoms with Gasteiger partial charge in [0.2, 0.25) is 15.9 Å². The summed E-state index contributed by atoms with van der Waals surface area (Å²) in [6.07, 6.45) is 0.220. The van der Waals surface area contributed by atoms with Gasteiger partial charge in [0.1, 0.15) is 0 Å². The summed E-state index contributed by atoms with van der Waals surface area (Å²) < 4.78 is 26.1. The van der Waals surface area contributed by atoms with Crippen LogP contribution in [0.2, 0.25) is 0 Å². The van der Waals surface area contributed by atoms with Crippen molar-refractivity contribution in [3.8, 4) is 6.07 Å². The van der Waals surface area contributed by atoms with Gasteiger partial charge >= 0.3 is 0 Å². The maximum absolute atomic E-state index is 12.5. The van der Waals surface area contributed by atoms with Gasteiger partial charge in [-0.2, -0.15) is 9.57 Å². The molecular weight excluding hydrogens is 290 g/mol. The molecule has 0 unspecified atom stereocenters. The summed E-state index contributed by atoms with van der Waals surface area (Å²) in [6.45, 7) is 3.59. The van der Waals surface area contributed by atoms with E-state index < -0.39 is 15.9 Å². The second kappa shape index (κ2) is 7.20. The van der Waals surface area contributed by atoms with Crippen LogP contribution in [-0.2, 0) is 21.2 Å². The Labute approximate surface area is 125 Å². The zero-order valence-electron chi connectivity index (χ0n) is 12.1. The topological polar surface area (TPSA) is 104 Å². The minimum atomic E-state index is -3.77. The van der Waals surface area contributed by atoms with E-state index in [1.807, 2.05) is 19.9 Å². The van der Waals surface area contributed by atoms with Crippen LogP contribution in [0.1, 0.15) is 19.4 Å². The van der Waals surface area contributed by atoms with Crippen molar-refractivity contribution in [2.75, 3.05) is 13.1 Å². The largest absolute Gasteiger partial charge is 0.369 e. The van der Waals surface area contributed by atoms with Crippen LogP contribution in [0, 0.1) is 17.2 Å². The molecule has 114 valence electrons. The minimum Gasteiger partial charge on any atom is -0.369 e. The first kappa shape index (κ1) is 17.1. The van der Waals surface area contributed by atoms with E-state index in [9.17, 15) is 13.2 Å². The van der Waals surface area contributed by atoms with Gasteiger partial charge in [-0.1, -0.05) is 26.0 Å². The molecule has 1 amide bonds. The third-order valence-corrected chi connectivity index (χ3v) is 4.57. The normalized spacial score (nSPS) is 11.6. The van der Waals surface area contributed by atoms with Crippen molar-refractivity contribution in [3.63, 3.8) is 0 Å². The second-order valence-corrected chi connectivity index (χ2v) is 7.07. The second-order valence-electron chi connectivity index (χ2n) is 5.14. The van der Waals surface area contributed by atoms with Gasteiger partial charge in [-0.25, -0.2) is 8.42 Å². The molecule has 1 rings (SSSR count). The average molecular weight is 309 g/mol. The third kappa shape index (κ3) is 4.85. The molecule has 0 saturated carbocycles. The van der Waals surface area contributed by atoms with E-state index in [4.69, 9.17) is 11.0 Å². The summed E-state index contributed by atoms with van der Waals surface area (Å²) in [5.74, 6) is -0.627. The molecule has 2 N–H and O–H groups in total. The van der Waals surface area contributed by atoms with Crippen LogP contribution in [0.25, 0.3) is 0 Å². The number of nitrogens with two attached hydrogens (primary N) is 1. The van der Waals surface area contributed by atoms with Crippen LogP contribution in [0.5, 0.6) is 0 Å². The van der Waals surface area contributed by atoms with Crippen molar-refractivity contribution in [2.24, 2.45) is 11.7 Å². The molecule has 1 aromatic carbocycles. The molecule has 0 aliphatic carbocycles. The van der Waals surface area contributed by atoms with Crippen molar-refractivity contribution in [1.82, 2.24) is 4.31 Å². The fourth-order valence-corrected chi connectivity index (χ4v) is 3.42. The first-order chi connectivity index (χ1) is 9.77. The minimum absolute atomic E-state index is 0.0667. The van der Waals surface area contributed by atoms with Crippen LogP contribution in [0.15, 0.2) is 29.2 Å². The van der Waals surface area contributed by atoms with Crippen LogP contribution < -0.4 is 5.73 Å². The van der Waals surface area contributed by atoms with Gasteiger partial charge in [0.15, 0.2) is 0 Å². The maximum atomic E-state index is 12.5. The average Bonchev–Trinajstić information content (AvgIpc) is 2.38. The van der Waals surface area contributed by atoms with Crippen molar-refractivity contribution in [1.29, 1.82) is 5.26 Å². The van der Waals surface area contributed by atoms with Crippen LogP contribution in [0.3, 0.4) is 0 Å². The number of nitriles is 1. The molecule has 0 spiro atoms. The molecule has 7 heteroatoms. The Morgan fingerprint density at radius 2 is 1.90 bits per heavy atom. The molecule has 0 saturated heterocycles. The fraction of sp³-hybridized carbons (Fsp3) is 0.429. The molecule has 0 bridgehead atoms. The lowest BCUT2D eigenvalue weighted by Gasteiger charge is -2.22. The van der Waals surface area contributed by atoms with E-state index in [1.54, 1.807) is 12.1 Å². The van der Waals surface area contributed by atoms with Gasteiger partial charge in [0.05, 0.1) is 23.9 Å². The zero-order chi connectivity index (χ0) is 16.0. The smallest absolute Gasteiger partial charge is 0.243 e. The number of nitrogens with zero attached hydrogens (tertiary/aromatic N) is 2. The number of hydrogen-bond acceptors (Lipinski definition) is 4. The van der Waals surface area contributed by atoms with Crippen molar-refractivity contribution < 1.29 is 13.2 Å². The van der Waals surface area contributed by atoms with E-state index in [0.29, 0.717) is 0 Å². The molecule has 0 atom stereocenters. The Balaban J connectivity index is 3.09. The van der Waals surface area contributed by atoms with Crippen LogP contribution in [-0.4, -0.2) is 31.7 Å². The molecule has 0 aromatic heterocycles. The molecule has 21 heavy (non-hydrogen) atoms. The van der Waals surface area contributed by atoms with Gasteiger partial charge in [0.25, 0.3) is 0 Å². The highest BCUT2D eigenvalue weighted by Crippen LogP contribution is 2.18. The van der Waals surface area contributed by atoms with E-state index in [-0.39, 0.29) is 30.3 Å². The Hall–Kier alpha value is -1.91. The van der Waals surface area contributed by atoms with Crippen molar-refractivity contribution >= 4 is 15.9 Å². The molecule has 6 nitrogen and oxygen atoms in total. The van der Waals surface area contributed by atoms with Gasteiger partial charge < -0.3 is 5.73 Å². The number of benzene rings is 1. The van der Waals surface area contributed by atoms with Gasteiger partial charge in [-0.3, -0.25) is 4.79 Å². The predicted octanol–water partition coefficient (Wildman–Crippen LogP) is 0.885. The quantitative estimate of drug-likeness (QED) is 0.807. The molecule has 0 fully saturated rings. The Bertz CT molecular complexity index is 630. The third-order valence-electron chi connectivity index (χ3n) is 2.75. The first-order valence-electron chi connectivity index (χ1n) is 6.51. The Morgan fingerprint density at radius 3 is 2.33 bits per heavy atom. The number of hydrogen-bond donors (Lipinski definition) is 1. The Morgan fingerprint density at radius 1 is 1.33 bits per heavy atom. The van der Waals surface area contributed by atoms with Crippen molar-refractivity contribution in [3.05, 3.63) is 29.8 Å². The lowest BCUT2D eigenvalue weighted by molar-refractivity contribution is -0.118. The summed E-state index contributed by atoms with van der Waals surface area (Å²) in [4.78, 5) is 11.2. The standard InChI is InChI=1S/C14H19N3O3S/c1-11(2)9-17(10-14(16)18)21(19,20)13-5-3-12(4-6-13)7-8-15/h3-6,11H,7,9-10H2,1-2H3,(H2,16,18). The summed E-state index contributed by atoms with van der Waals surface area (Å²) >= 11 is 0. The summed E-state index contributed by atoms with van der Waals surface area (Å²) in [5, 5.41) is 8.61. The SMILES string of the molecule is CC(C)CN(CC(N)=O)S(=O)(=O)c1ccc(CC#N)cc1. The summed E-state index contributed by atoms with van der Waals surface area (Å²) in [6, 6.07) is 8.06. The maximum Gasteiger partial charge on any atom is 0.243 e. The van der Waals surface area contributed by atoms with Crippen LogP contribution in [0.4, 0.5) is 0 Å². The zero-order valence-corrected chi connectivity index (χ0v) is 12.9. The molecule has 0 heterocycles. The predicted molar refractivity (Wildman–Crippen MR) is 78.6 cm³/mol. The lowest BCUT2D eigenvalue weighted by atomic mass is 10.2. The van der Waals surface area contributed by atoms with E-state index in [2.05, 4.69) is 0 Å². The van der Waals surface area contributed by atoms with Gasteiger partial charge in [-0.15, -0.1) is 0 Å². The molecule has 1 aromatic rings. The van der Waals surface area contributed by atoms with Gasteiger partial charge in [0, 0.05) is 6.54 Å². The number of rotatable bonds is 7. The fourth-order valence-electron chi connectivity index (χ4n) is 1.85. The summed E-state index contributed by atoms with van der Waals surface area (Å²) in [7, 11) is -3.77. The highest BCUT2D eigenvalue weighted by molar-refractivity contribution is 7.89. The Kier molecular flexibility index (Phi) is 5.88. The molecule has 0 aliphatic heterocycles. The van der Waals surface area contributed by atoms with Gasteiger partial charge in [-0.05, 0) is 23.6 Å².